The van der Waals surface area contributed by atoms with Gasteiger partial charge in [-0.3, -0.25) is 4.79 Å². The first-order chi connectivity index (χ1) is 11.4. The second-order valence-corrected chi connectivity index (χ2v) is 8.10. The Labute approximate surface area is 147 Å². The van der Waals surface area contributed by atoms with Gasteiger partial charge in [0.2, 0.25) is 0 Å². The Morgan fingerprint density at radius 3 is 2.04 bits per heavy atom. The zero-order chi connectivity index (χ0) is 19.4. The van der Waals surface area contributed by atoms with Gasteiger partial charge in [-0.2, -0.15) is 0 Å². The number of ether oxygens (including phenoxy) is 1. The third kappa shape index (κ3) is 2.58. The fourth-order valence-corrected chi connectivity index (χ4v) is 4.98. The molecule has 2 aliphatic carbocycles. The van der Waals surface area contributed by atoms with Crippen molar-refractivity contribution in [2.24, 2.45) is 28.9 Å². The number of aliphatic carboxylic acids is 2. The van der Waals surface area contributed by atoms with E-state index >= 15 is 0 Å². The molecule has 25 heavy (non-hydrogen) atoms. The van der Waals surface area contributed by atoms with Crippen molar-refractivity contribution in [1.29, 1.82) is 0 Å². The van der Waals surface area contributed by atoms with Crippen molar-refractivity contribution in [3.63, 3.8) is 0 Å². The number of hydrogen-bond acceptors (Lipinski definition) is 5. The van der Waals surface area contributed by atoms with E-state index in [0.29, 0.717) is 12.8 Å². The number of nitrogens with two attached hydrogens (primary N) is 1. The predicted octanol–water partition coefficient (Wildman–Crippen LogP) is 1.43. The van der Waals surface area contributed by atoms with Gasteiger partial charge in [-0.15, -0.1) is 0 Å². The monoisotopic (exact) mass is 356 g/mol. The highest BCUT2D eigenvalue weighted by molar-refractivity contribution is 5.91. The summed E-state index contributed by atoms with van der Waals surface area (Å²) >= 11 is 0. The summed E-state index contributed by atoms with van der Waals surface area (Å²) in [5.41, 5.74) is 2.85. The van der Waals surface area contributed by atoms with Crippen LogP contribution in [0, 0.1) is 23.2 Å². The second kappa shape index (κ2) is 5.86. The van der Waals surface area contributed by atoms with Crippen molar-refractivity contribution >= 4 is 18.0 Å². The van der Waals surface area contributed by atoms with E-state index < -0.39 is 58.4 Å². The fraction of sp³-hybridized carbons (Fsp3) is 0.824. The van der Waals surface area contributed by atoms with E-state index in [0.717, 1.165) is 0 Å². The lowest BCUT2D eigenvalue weighted by Gasteiger charge is -2.47. The maximum absolute atomic E-state index is 12.4. The summed E-state index contributed by atoms with van der Waals surface area (Å²) in [5, 5.41) is 22.1. The first-order valence-corrected chi connectivity index (χ1v) is 8.62. The Morgan fingerprint density at radius 1 is 1.16 bits per heavy atom. The highest BCUT2D eigenvalue weighted by Gasteiger charge is 2.83. The normalized spacial score (nSPS) is 35.6. The SMILES string of the molecule is CCC1(CC)[C@@H](N)[C@@H]2[C@@H](C(=O)O)[C@H]2[C@@]1(NC(=O)OC(C)(C)C)C(=O)O. The van der Waals surface area contributed by atoms with Gasteiger partial charge in [-0.1, -0.05) is 13.8 Å². The Bertz CT molecular complexity index is 594. The molecular weight excluding hydrogens is 328 g/mol. The van der Waals surface area contributed by atoms with Gasteiger partial charge < -0.3 is 26.0 Å². The molecule has 2 rings (SSSR count). The van der Waals surface area contributed by atoms with Gasteiger partial charge in [0.15, 0.2) is 5.54 Å². The van der Waals surface area contributed by atoms with E-state index in [-0.39, 0.29) is 0 Å². The lowest BCUT2D eigenvalue weighted by Crippen LogP contribution is -2.69. The quantitative estimate of drug-likeness (QED) is 0.584. The largest absolute Gasteiger partial charge is 0.481 e. The van der Waals surface area contributed by atoms with Crippen molar-refractivity contribution < 1.29 is 29.3 Å². The molecule has 2 saturated carbocycles. The number of carboxylic acids is 2. The van der Waals surface area contributed by atoms with E-state index in [2.05, 4.69) is 5.32 Å². The van der Waals surface area contributed by atoms with Crippen molar-refractivity contribution in [2.75, 3.05) is 0 Å². The minimum Gasteiger partial charge on any atom is -0.481 e. The van der Waals surface area contributed by atoms with Gasteiger partial charge in [0.25, 0.3) is 0 Å². The van der Waals surface area contributed by atoms with Gasteiger partial charge in [0.05, 0.1) is 5.92 Å². The number of amides is 1. The first-order valence-electron chi connectivity index (χ1n) is 8.62. The lowest BCUT2D eigenvalue weighted by molar-refractivity contribution is -0.154. The molecule has 2 aliphatic rings. The molecule has 0 aromatic carbocycles. The Balaban J connectivity index is 2.52. The molecule has 0 aliphatic heterocycles. The van der Waals surface area contributed by atoms with Crippen LogP contribution < -0.4 is 11.1 Å². The molecule has 0 aromatic rings. The highest BCUT2D eigenvalue weighted by Crippen LogP contribution is 2.70. The highest BCUT2D eigenvalue weighted by atomic mass is 16.6. The molecule has 2 fully saturated rings. The van der Waals surface area contributed by atoms with Crippen molar-refractivity contribution in [1.82, 2.24) is 5.32 Å². The van der Waals surface area contributed by atoms with Crippen LogP contribution in [-0.2, 0) is 14.3 Å². The number of carbonyl (C=O) groups excluding carboxylic acids is 1. The molecule has 0 heterocycles. The summed E-state index contributed by atoms with van der Waals surface area (Å²) < 4.78 is 5.25. The zero-order valence-corrected chi connectivity index (χ0v) is 15.3. The molecular formula is C17H28N2O6. The maximum atomic E-state index is 12.4. The smallest absolute Gasteiger partial charge is 0.408 e. The molecule has 0 aromatic heterocycles. The van der Waals surface area contributed by atoms with Gasteiger partial charge >= 0.3 is 18.0 Å². The molecule has 0 spiro atoms. The minimum atomic E-state index is -1.76. The first kappa shape index (κ1) is 19.5. The van der Waals surface area contributed by atoms with Crippen LogP contribution in [0.2, 0.25) is 0 Å². The summed E-state index contributed by atoms with van der Waals surface area (Å²) in [7, 11) is 0. The summed E-state index contributed by atoms with van der Waals surface area (Å²) in [4.78, 5) is 36.3. The van der Waals surface area contributed by atoms with Crippen molar-refractivity contribution in [3.8, 4) is 0 Å². The number of rotatable bonds is 5. The average Bonchev–Trinajstić information content (AvgIpc) is 3.16. The number of carbonyl (C=O) groups is 3. The van der Waals surface area contributed by atoms with E-state index in [4.69, 9.17) is 10.5 Å². The number of hydrogen-bond donors (Lipinski definition) is 4. The molecule has 5 N–H and O–H groups in total. The third-order valence-corrected chi connectivity index (χ3v) is 6.00. The maximum Gasteiger partial charge on any atom is 0.408 e. The predicted molar refractivity (Wildman–Crippen MR) is 88.8 cm³/mol. The number of carboxylic acid groups (broad SMARTS) is 2. The van der Waals surface area contributed by atoms with Crippen LogP contribution in [0.1, 0.15) is 47.5 Å². The van der Waals surface area contributed by atoms with Crippen LogP contribution in [0.25, 0.3) is 0 Å². The van der Waals surface area contributed by atoms with Gasteiger partial charge in [0, 0.05) is 17.4 Å². The van der Waals surface area contributed by atoms with Gasteiger partial charge in [-0.05, 0) is 39.5 Å². The summed E-state index contributed by atoms with van der Waals surface area (Å²) in [6.07, 6.45) is -0.0526. The van der Waals surface area contributed by atoms with Crippen LogP contribution in [0.4, 0.5) is 4.79 Å². The summed E-state index contributed by atoms with van der Waals surface area (Å²) in [6.45, 7) is 8.66. The van der Waals surface area contributed by atoms with E-state index in [1.54, 1.807) is 20.8 Å². The van der Waals surface area contributed by atoms with Crippen LogP contribution in [-0.4, -0.2) is 45.4 Å². The second-order valence-electron chi connectivity index (χ2n) is 8.10. The lowest BCUT2D eigenvalue weighted by atomic mass is 9.62. The molecule has 1 amide bonds. The standard InChI is InChI=1S/C17H28N2O6/c1-6-16(7-2)11(18)8-9(12(20)21)10(8)17(16,13(22)23)19-14(24)25-15(3,4)5/h8-11H,6-7,18H2,1-5H3,(H,19,24)(H,20,21)(H,22,23)/t8-,9-,10+,11+,17-/m1/s1. The van der Waals surface area contributed by atoms with E-state index in [1.807, 2.05) is 13.8 Å². The van der Waals surface area contributed by atoms with E-state index in [1.165, 1.54) is 0 Å². The molecule has 0 saturated heterocycles. The molecule has 8 heteroatoms. The van der Waals surface area contributed by atoms with Crippen molar-refractivity contribution in [3.05, 3.63) is 0 Å². The number of nitrogens with one attached hydrogen (secondary N) is 1. The fourth-order valence-electron chi connectivity index (χ4n) is 4.98. The molecule has 0 radical (unpaired) electrons. The van der Waals surface area contributed by atoms with Gasteiger partial charge in [-0.25, -0.2) is 9.59 Å². The average molecular weight is 356 g/mol. The summed E-state index contributed by atoms with van der Waals surface area (Å²) in [6, 6.07) is -0.625. The third-order valence-electron chi connectivity index (χ3n) is 6.00. The molecule has 8 nitrogen and oxygen atoms in total. The number of fused-ring (bicyclic) bond motifs is 1. The number of alkyl carbamates (subject to hydrolysis) is 1. The Morgan fingerprint density at radius 2 is 1.68 bits per heavy atom. The molecule has 5 atom stereocenters. The minimum absolute atomic E-state index is 0.409. The summed E-state index contributed by atoms with van der Waals surface area (Å²) in [5.74, 6) is -4.42. The molecule has 142 valence electrons. The van der Waals surface area contributed by atoms with Crippen LogP contribution in [0.3, 0.4) is 0 Å². The van der Waals surface area contributed by atoms with Crippen LogP contribution in [0.5, 0.6) is 0 Å². The Kier molecular flexibility index (Phi) is 4.57. The topological polar surface area (TPSA) is 139 Å². The van der Waals surface area contributed by atoms with Crippen LogP contribution >= 0.6 is 0 Å². The van der Waals surface area contributed by atoms with Gasteiger partial charge in [0.1, 0.15) is 5.60 Å². The van der Waals surface area contributed by atoms with E-state index in [9.17, 15) is 24.6 Å². The van der Waals surface area contributed by atoms with Crippen LogP contribution in [0.15, 0.2) is 0 Å². The van der Waals surface area contributed by atoms with Crippen molar-refractivity contribution in [2.45, 2.75) is 64.6 Å². The molecule has 0 unspecified atom stereocenters. The zero-order valence-electron chi connectivity index (χ0n) is 15.3. The Hall–Kier alpha value is -1.83. The molecule has 0 bridgehead atoms.